The molecule has 21 heavy (non-hydrogen) atoms. The minimum atomic E-state index is -1.62. The molecule has 4 amide bonds. The number of rotatable bonds is 5. The first-order valence-electron chi connectivity index (χ1n) is 6.48. The van der Waals surface area contributed by atoms with Gasteiger partial charge in [0, 0.05) is 6.54 Å². The maximum Gasteiger partial charge on any atom is 0.318 e. The molecule has 2 atom stereocenters. The quantitative estimate of drug-likeness (QED) is 0.464. The van der Waals surface area contributed by atoms with E-state index in [-0.39, 0.29) is 13.1 Å². The summed E-state index contributed by atoms with van der Waals surface area (Å²) in [6.07, 6.45) is -0.206. The predicted octanol–water partition coefficient (Wildman–Crippen LogP) is -1.34. The Kier molecular flexibility index (Phi) is 5.25. The number of hydrogen-bond donors (Lipinski definition) is 4. The van der Waals surface area contributed by atoms with Crippen LogP contribution >= 0.6 is 0 Å². The van der Waals surface area contributed by atoms with Gasteiger partial charge in [-0.1, -0.05) is 6.92 Å². The van der Waals surface area contributed by atoms with Crippen LogP contribution in [0.1, 0.15) is 26.7 Å². The molecule has 0 saturated carbocycles. The molecular weight excluding hydrogens is 282 g/mol. The van der Waals surface area contributed by atoms with Crippen molar-refractivity contribution in [1.29, 1.82) is 0 Å². The Balaban J connectivity index is 2.67. The molecule has 0 aliphatic carbocycles. The molecule has 118 valence electrons. The van der Waals surface area contributed by atoms with E-state index in [9.17, 15) is 24.3 Å². The number of aliphatic carboxylic acids is 1. The SMILES string of the molecule is CCC1C(=O)NC(=O)CN1C(=O)NCC(C)(O)CC(=O)O. The number of aliphatic hydroxyl groups is 1. The minimum absolute atomic E-state index is 0.267. The van der Waals surface area contributed by atoms with Gasteiger partial charge in [0.05, 0.1) is 12.0 Å². The van der Waals surface area contributed by atoms with E-state index < -0.39 is 41.9 Å². The number of nitrogens with zero attached hydrogens (tertiary/aromatic N) is 1. The molecule has 1 aliphatic rings. The molecule has 0 aromatic carbocycles. The molecule has 0 radical (unpaired) electrons. The highest BCUT2D eigenvalue weighted by molar-refractivity contribution is 6.04. The first-order valence-corrected chi connectivity index (χ1v) is 6.48. The summed E-state index contributed by atoms with van der Waals surface area (Å²) in [5.41, 5.74) is -1.62. The van der Waals surface area contributed by atoms with Gasteiger partial charge in [-0.15, -0.1) is 0 Å². The standard InChI is InChI=1S/C12H19N3O6/c1-3-7-10(19)14-8(16)5-15(7)11(20)13-6-12(2,21)4-9(17)18/h7,21H,3-6H2,1-2H3,(H,13,20)(H,17,18)(H,14,16,19). The highest BCUT2D eigenvalue weighted by Crippen LogP contribution is 2.11. The Morgan fingerprint density at radius 2 is 2.10 bits per heavy atom. The molecular formula is C12H19N3O6. The van der Waals surface area contributed by atoms with Crippen molar-refractivity contribution in [2.24, 2.45) is 0 Å². The molecule has 9 nitrogen and oxygen atoms in total. The van der Waals surface area contributed by atoms with E-state index in [0.717, 1.165) is 4.90 Å². The third-order valence-electron chi connectivity index (χ3n) is 3.06. The zero-order valence-corrected chi connectivity index (χ0v) is 11.9. The maximum absolute atomic E-state index is 12.0. The van der Waals surface area contributed by atoms with E-state index in [0.29, 0.717) is 6.42 Å². The number of nitrogens with one attached hydrogen (secondary N) is 2. The molecule has 1 heterocycles. The van der Waals surface area contributed by atoms with E-state index in [2.05, 4.69) is 10.6 Å². The van der Waals surface area contributed by atoms with Gasteiger partial charge in [-0.05, 0) is 13.3 Å². The molecule has 1 saturated heterocycles. The topological polar surface area (TPSA) is 136 Å². The molecule has 9 heteroatoms. The smallest absolute Gasteiger partial charge is 0.318 e. The third kappa shape index (κ3) is 4.71. The Hall–Kier alpha value is -2.16. The third-order valence-corrected chi connectivity index (χ3v) is 3.06. The summed E-state index contributed by atoms with van der Waals surface area (Å²) in [6.45, 7) is 2.39. The van der Waals surface area contributed by atoms with Gasteiger partial charge in [-0.3, -0.25) is 19.7 Å². The van der Waals surface area contributed by atoms with Crippen LogP contribution in [0.5, 0.6) is 0 Å². The Labute approximate surface area is 121 Å². The van der Waals surface area contributed by atoms with Crippen LogP contribution in [0.4, 0.5) is 4.79 Å². The lowest BCUT2D eigenvalue weighted by Crippen LogP contribution is -2.62. The molecule has 0 aromatic heterocycles. The van der Waals surface area contributed by atoms with Crippen molar-refractivity contribution in [3.8, 4) is 0 Å². The average Bonchev–Trinajstić information content (AvgIpc) is 2.33. The van der Waals surface area contributed by atoms with Gasteiger partial charge >= 0.3 is 12.0 Å². The van der Waals surface area contributed by atoms with Crippen molar-refractivity contribution in [3.63, 3.8) is 0 Å². The van der Waals surface area contributed by atoms with Gasteiger partial charge in [0.25, 0.3) is 0 Å². The molecule has 1 fully saturated rings. The number of carboxylic acids is 1. The zero-order chi connectivity index (χ0) is 16.2. The van der Waals surface area contributed by atoms with E-state index >= 15 is 0 Å². The van der Waals surface area contributed by atoms with Gasteiger partial charge in [-0.2, -0.15) is 0 Å². The fraction of sp³-hybridized carbons (Fsp3) is 0.667. The number of hydrogen-bond acceptors (Lipinski definition) is 5. The van der Waals surface area contributed by atoms with Crippen molar-refractivity contribution >= 4 is 23.8 Å². The lowest BCUT2D eigenvalue weighted by atomic mass is 10.0. The largest absolute Gasteiger partial charge is 0.481 e. The molecule has 0 aromatic rings. The number of urea groups is 1. The average molecular weight is 301 g/mol. The summed E-state index contributed by atoms with van der Waals surface area (Å²) in [5.74, 6) is -2.34. The Bertz CT molecular complexity index is 462. The zero-order valence-electron chi connectivity index (χ0n) is 11.9. The lowest BCUT2D eigenvalue weighted by Gasteiger charge is -2.34. The van der Waals surface area contributed by atoms with Gasteiger partial charge in [-0.25, -0.2) is 4.79 Å². The Morgan fingerprint density at radius 1 is 1.48 bits per heavy atom. The Morgan fingerprint density at radius 3 is 2.62 bits per heavy atom. The van der Waals surface area contributed by atoms with E-state index in [1.807, 2.05) is 0 Å². The lowest BCUT2D eigenvalue weighted by molar-refractivity contribution is -0.141. The van der Waals surface area contributed by atoms with Gasteiger partial charge in [0.15, 0.2) is 0 Å². The van der Waals surface area contributed by atoms with Crippen LogP contribution in [0.15, 0.2) is 0 Å². The van der Waals surface area contributed by atoms with E-state index in [1.54, 1.807) is 6.92 Å². The predicted molar refractivity (Wildman–Crippen MR) is 70.2 cm³/mol. The molecule has 4 N–H and O–H groups in total. The van der Waals surface area contributed by atoms with Gasteiger partial charge in [0.2, 0.25) is 11.8 Å². The van der Waals surface area contributed by atoms with Gasteiger partial charge in [0.1, 0.15) is 12.6 Å². The van der Waals surface area contributed by atoms with Crippen molar-refractivity contribution in [3.05, 3.63) is 0 Å². The van der Waals surface area contributed by atoms with Crippen LogP contribution in [0.3, 0.4) is 0 Å². The fourth-order valence-corrected chi connectivity index (χ4v) is 2.04. The number of carbonyl (C=O) groups is 4. The van der Waals surface area contributed by atoms with Crippen LogP contribution in [0, 0.1) is 0 Å². The maximum atomic E-state index is 12.0. The summed E-state index contributed by atoms with van der Waals surface area (Å²) in [4.78, 5) is 46.6. The monoisotopic (exact) mass is 301 g/mol. The van der Waals surface area contributed by atoms with Crippen molar-refractivity contribution in [2.45, 2.75) is 38.3 Å². The summed E-state index contributed by atoms with van der Waals surface area (Å²) < 4.78 is 0. The first-order chi connectivity index (χ1) is 9.66. The first kappa shape index (κ1) is 16.9. The molecule has 1 aliphatic heterocycles. The van der Waals surface area contributed by atoms with Crippen molar-refractivity contribution in [2.75, 3.05) is 13.1 Å². The van der Waals surface area contributed by atoms with Crippen LogP contribution in [-0.4, -0.2) is 63.7 Å². The second-order valence-electron chi connectivity index (χ2n) is 5.19. The molecule has 1 rings (SSSR count). The van der Waals surface area contributed by atoms with E-state index in [4.69, 9.17) is 5.11 Å². The molecule has 2 unspecified atom stereocenters. The molecule has 0 spiro atoms. The minimum Gasteiger partial charge on any atom is -0.481 e. The number of piperazine rings is 1. The van der Waals surface area contributed by atoms with Crippen LogP contribution < -0.4 is 10.6 Å². The highest BCUT2D eigenvalue weighted by atomic mass is 16.4. The van der Waals surface area contributed by atoms with Crippen molar-refractivity contribution in [1.82, 2.24) is 15.5 Å². The number of imide groups is 1. The second kappa shape index (κ2) is 6.53. The normalized spacial score (nSPS) is 21.5. The summed E-state index contributed by atoms with van der Waals surface area (Å²) >= 11 is 0. The summed E-state index contributed by atoms with van der Waals surface area (Å²) in [5, 5.41) is 22.9. The number of amides is 4. The summed E-state index contributed by atoms with van der Waals surface area (Å²) in [6, 6.07) is -1.47. The van der Waals surface area contributed by atoms with Crippen LogP contribution in [0.2, 0.25) is 0 Å². The highest BCUT2D eigenvalue weighted by Gasteiger charge is 2.36. The van der Waals surface area contributed by atoms with Gasteiger partial charge < -0.3 is 20.4 Å². The van der Waals surface area contributed by atoms with Crippen molar-refractivity contribution < 1.29 is 29.4 Å². The number of carboxylic acid groups (broad SMARTS) is 1. The van der Waals surface area contributed by atoms with Crippen LogP contribution in [-0.2, 0) is 14.4 Å². The number of carbonyl (C=O) groups excluding carboxylic acids is 3. The molecule has 0 bridgehead atoms. The second-order valence-corrected chi connectivity index (χ2v) is 5.19. The summed E-state index contributed by atoms with van der Waals surface area (Å²) in [7, 11) is 0. The fourth-order valence-electron chi connectivity index (χ4n) is 2.04. The van der Waals surface area contributed by atoms with Crippen LogP contribution in [0.25, 0.3) is 0 Å². The van der Waals surface area contributed by atoms with E-state index in [1.165, 1.54) is 6.92 Å².